The van der Waals surface area contributed by atoms with E-state index < -0.39 is 19.9 Å². The molecule has 0 saturated carbocycles. The smallest absolute Gasteiger partial charge is 0.243 e. The van der Waals surface area contributed by atoms with Gasteiger partial charge in [0.1, 0.15) is 5.82 Å². The van der Waals surface area contributed by atoms with Crippen molar-refractivity contribution in [1.82, 2.24) is 14.3 Å². The molecule has 1 saturated heterocycles. The molecule has 4 aromatic rings. The molecular formula is C26H26N4O5S2. The zero-order chi connectivity index (χ0) is 26.2. The van der Waals surface area contributed by atoms with Gasteiger partial charge in [0, 0.05) is 36.5 Å². The zero-order valence-corrected chi connectivity index (χ0v) is 21.7. The number of nitrogens with zero attached hydrogens (tertiary/aromatic N) is 2. The number of hydrogen-bond acceptors (Lipinski definition) is 6. The molecule has 2 N–H and O–H groups in total. The Labute approximate surface area is 215 Å². The molecule has 9 nitrogen and oxygen atoms in total. The van der Waals surface area contributed by atoms with Crippen molar-refractivity contribution in [2.24, 2.45) is 5.92 Å². The van der Waals surface area contributed by atoms with E-state index in [9.17, 15) is 21.6 Å². The number of rotatable bonds is 6. The summed E-state index contributed by atoms with van der Waals surface area (Å²) in [6.07, 6.45) is 1.76. The normalized spacial score (nSPS) is 15.6. The van der Waals surface area contributed by atoms with Crippen molar-refractivity contribution in [3.05, 3.63) is 72.8 Å². The van der Waals surface area contributed by atoms with Crippen LogP contribution >= 0.6 is 0 Å². The van der Waals surface area contributed by atoms with Crippen molar-refractivity contribution >= 4 is 42.5 Å². The molecule has 0 radical (unpaired) electrons. The summed E-state index contributed by atoms with van der Waals surface area (Å²) >= 11 is 0. The first-order valence-corrected chi connectivity index (χ1v) is 15.1. The van der Waals surface area contributed by atoms with Gasteiger partial charge < -0.3 is 10.3 Å². The Morgan fingerprint density at radius 2 is 1.62 bits per heavy atom. The number of piperidine rings is 1. The number of aromatic amines is 1. The number of carbonyl (C=O) groups is 1. The van der Waals surface area contributed by atoms with Gasteiger partial charge in [0.15, 0.2) is 9.84 Å². The summed E-state index contributed by atoms with van der Waals surface area (Å²) in [6.45, 7) is 0.338. The molecule has 1 aliphatic heterocycles. The number of sulfone groups is 1. The first kappa shape index (κ1) is 25.1. The second kappa shape index (κ2) is 9.73. The van der Waals surface area contributed by atoms with Crippen molar-refractivity contribution in [1.29, 1.82) is 0 Å². The van der Waals surface area contributed by atoms with Gasteiger partial charge in [0.05, 0.1) is 20.8 Å². The SMILES string of the molecule is CS(=O)(=O)c1cccc(S(=O)(=O)N2CCC(C(=O)Nc3cccc(-c4nc5ccccc5[nH]4)c3)CC2)c1. The number of hydrogen-bond donors (Lipinski definition) is 2. The van der Waals surface area contributed by atoms with Crippen LogP contribution in [0.4, 0.5) is 5.69 Å². The standard InChI is InChI=1S/C26H26N4O5S2/c1-36(32,33)21-8-5-9-22(17-21)37(34,35)30-14-12-18(13-15-30)26(31)27-20-7-4-6-19(16-20)25-28-23-10-2-3-11-24(23)29-25/h2-11,16-18H,12-15H2,1H3,(H,27,31)(H,28,29). The Kier molecular flexibility index (Phi) is 6.61. The lowest BCUT2D eigenvalue weighted by atomic mass is 9.97. The van der Waals surface area contributed by atoms with E-state index in [1.807, 2.05) is 42.5 Å². The van der Waals surface area contributed by atoms with Crippen LogP contribution in [0.3, 0.4) is 0 Å². The van der Waals surface area contributed by atoms with E-state index in [2.05, 4.69) is 15.3 Å². The monoisotopic (exact) mass is 538 g/mol. The van der Waals surface area contributed by atoms with Gasteiger partial charge in [-0.1, -0.05) is 30.3 Å². The number of nitrogens with one attached hydrogen (secondary N) is 2. The predicted octanol–water partition coefficient (Wildman–Crippen LogP) is 3.67. The number of anilines is 1. The van der Waals surface area contributed by atoms with Crippen LogP contribution in [0.15, 0.2) is 82.6 Å². The maximum Gasteiger partial charge on any atom is 0.243 e. The predicted molar refractivity (Wildman–Crippen MR) is 141 cm³/mol. The number of sulfonamides is 1. The van der Waals surface area contributed by atoms with Crippen molar-refractivity contribution < 1.29 is 21.6 Å². The van der Waals surface area contributed by atoms with E-state index in [4.69, 9.17) is 0 Å². The molecule has 0 aliphatic carbocycles. The summed E-state index contributed by atoms with van der Waals surface area (Å²) in [4.78, 5) is 20.7. The van der Waals surface area contributed by atoms with Gasteiger partial charge in [-0.3, -0.25) is 4.79 Å². The molecule has 37 heavy (non-hydrogen) atoms. The minimum Gasteiger partial charge on any atom is -0.338 e. The van der Waals surface area contributed by atoms with Crippen LogP contribution in [0.5, 0.6) is 0 Å². The number of aromatic nitrogens is 2. The first-order chi connectivity index (χ1) is 17.6. The maximum absolute atomic E-state index is 13.1. The number of H-pyrrole nitrogens is 1. The fourth-order valence-electron chi connectivity index (χ4n) is 4.45. The van der Waals surface area contributed by atoms with Crippen LogP contribution in [0, 0.1) is 5.92 Å². The van der Waals surface area contributed by atoms with Crippen molar-refractivity contribution in [2.75, 3.05) is 24.7 Å². The molecule has 2 heterocycles. The molecule has 192 valence electrons. The highest BCUT2D eigenvalue weighted by Crippen LogP contribution is 2.27. The Bertz CT molecular complexity index is 1660. The third-order valence-corrected chi connectivity index (χ3v) is 9.49. The number of benzene rings is 3. The second-order valence-electron chi connectivity index (χ2n) is 9.10. The highest BCUT2D eigenvalue weighted by atomic mass is 32.2. The number of carbonyl (C=O) groups excluding carboxylic acids is 1. The van der Waals surface area contributed by atoms with Crippen LogP contribution in [-0.4, -0.2) is 56.4 Å². The molecule has 1 fully saturated rings. The molecule has 11 heteroatoms. The van der Waals surface area contributed by atoms with E-state index in [1.165, 1.54) is 28.6 Å². The summed E-state index contributed by atoms with van der Waals surface area (Å²) < 4.78 is 51.2. The fraction of sp³-hybridized carbons (Fsp3) is 0.231. The largest absolute Gasteiger partial charge is 0.338 e. The lowest BCUT2D eigenvalue weighted by Gasteiger charge is -2.30. The van der Waals surface area contributed by atoms with Gasteiger partial charge in [0.25, 0.3) is 0 Å². The van der Waals surface area contributed by atoms with Gasteiger partial charge in [-0.05, 0) is 55.3 Å². The summed E-state index contributed by atoms with van der Waals surface area (Å²) in [6, 6.07) is 20.5. The number of imidazole rings is 1. The molecule has 1 aromatic heterocycles. The third-order valence-electron chi connectivity index (χ3n) is 6.49. The van der Waals surface area contributed by atoms with Gasteiger partial charge in [-0.15, -0.1) is 0 Å². The highest BCUT2D eigenvalue weighted by molar-refractivity contribution is 7.91. The molecule has 0 spiro atoms. The second-order valence-corrected chi connectivity index (χ2v) is 13.1. The lowest BCUT2D eigenvalue weighted by Crippen LogP contribution is -2.41. The Morgan fingerprint density at radius 3 is 2.35 bits per heavy atom. The molecule has 1 aliphatic rings. The van der Waals surface area contributed by atoms with E-state index in [0.717, 1.165) is 22.9 Å². The van der Waals surface area contributed by atoms with Crippen LogP contribution < -0.4 is 5.32 Å². The van der Waals surface area contributed by atoms with Crippen molar-refractivity contribution in [3.63, 3.8) is 0 Å². The molecule has 3 aromatic carbocycles. The number of amides is 1. The number of para-hydroxylation sites is 2. The maximum atomic E-state index is 13.1. The minimum atomic E-state index is -3.87. The van der Waals surface area contributed by atoms with Gasteiger partial charge in [-0.2, -0.15) is 4.31 Å². The lowest BCUT2D eigenvalue weighted by molar-refractivity contribution is -0.120. The van der Waals surface area contributed by atoms with Gasteiger partial charge in [0.2, 0.25) is 15.9 Å². The summed E-state index contributed by atoms with van der Waals surface area (Å²) in [5.74, 6) is 0.192. The Hall–Kier alpha value is -3.54. The molecule has 0 unspecified atom stereocenters. The van der Waals surface area contributed by atoms with Crippen molar-refractivity contribution in [2.45, 2.75) is 22.6 Å². The summed E-state index contributed by atoms with van der Waals surface area (Å²) in [5.41, 5.74) is 3.26. The minimum absolute atomic E-state index is 0.0484. The van der Waals surface area contributed by atoms with Crippen LogP contribution in [0.1, 0.15) is 12.8 Å². The fourth-order valence-corrected chi connectivity index (χ4v) is 6.71. The average Bonchev–Trinajstić information content (AvgIpc) is 3.33. The highest BCUT2D eigenvalue weighted by Gasteiger charge is 2.32. The molecular weight excluding hydrogens is 512 g/mol. The molecule has 0 atom stereocenters. The average molecular weight is 539 g/mol. The molecule has 1 amide bonds. The van der Waals surface area contributed by atoms with Crippen LogP contribution in [0.25, 0.3) is 22.4 Å². The Balaban J connectivity index is 1.24. The van der Waals surface area contributed by atoms with Crippen molar-refractivity contribution in [3.8, 4) is 11.4 Å². The van der Waals surface area contributed by atoms with Crippen LogP contribution in [-0.2, 0) is 24.7 Å². The third kappa shape index (κ3) is 5.29. The van der Waals surface area contributed by atoms with Gasteiger partial charge >= 0.3 is 0 Å². The quantitative estimate of drug-likeness (QED) is 0.385. The van der Waals surface area contributed by atoms with E-state index in [1.54, 1.807) is 6.07 Å². The van der Waals surface area contributed by atoms with E-state index in [-0.39, 0.29) is 34.7 Å². The van der Waals surface area contributed by atoms with E-state index >= 15 is 0 Å². The topological polar surface area (TPSA) is 129 Å². The van der Waals surface area contributed by atoms with Gasteiger partial charge in [-0.25, -0.2) is 21.8 Å². The molecule has 5 rings (SSSR count). The molecule has 0 bridgehead atoms. The Morgan fingerprint density at radius 1 is 0.919 bits per heavy atom. The van der Waals surface area contributed by atoms with E-state index in [0.29, 0.717) is 24.4 Å². The summed E-state index contributed by atoms with van der Waals surface area (Å²) in [5, 5.41) is 2.95. The zero-order valence-electron chi connectivity index (χ0n) is 20.1. The van der Waals surface area contributed by atoms with Crippen LogP contribution in [0.2, 0.25) is 0 Å². The number of fused-ring (bicyclic) bond motifs is 1. The summed E-state index contributed by atoms with van der Waals surface area (Å²) in [7, 11) is -7.41. The first-order valence-electron chi connectivity index (χ1n) is 11.8.